The topological polar surface area (TPSA) is 49.3 Å². The Balaban J connectivity index is 2.04. The van der Waals surface area contributed by atoms with Crippen LogP contribution in [0.15, 0.2) is 53.4 Å². The number of alkyl halides is 2. The Morgan fingerprint density at radius 3 is 2.48 bits per heavy atom. The molecule has 6 heteroatoms. The normalized spacial score (nSPS) is 10.6. The van der Waals surface area contributed by atoms with Gasteiger partial charge in [-0.25, -0.2) is 0 Å². The van der Waals surface area contributed by atoms with E-state index in [9.17, 15) is 18.7 Å². The van der Waals surface area contributed by atoms with Gasteiger partial charge in [0.25, 0.3) is 5.76 Å². The number of thioether (sulfide) groups is 1. The van der Waals surface area contributed by atoms with Gasteiger partial charge < -0.3 is 10.4 Å². The number of benzene rings is 2. The molecule has 2 rings (SSSR count). The molecule has 2 N–H and O–H groups in total. The number of hydrogen-bond acceptors (Lipinski definition) is 3. The second-order valence-electron chi connectivity index (χ2n) is 4.27. The first-order chi connectivity index (χ1) is 10.0. The summed E-state index contributed by atoms with van der Waals surface area (Å²) in [6, 6.07) is 12.7. The van der Waals surface area contributed by atoms with Gasteiger partial charge in [0.15, 0.2) is 0 Å². The lowest BCUT2D eigenvalue weighted by molar-refractivity contribution is -0.115. The number of carbonyl (C=O) groups is 1. The summed E-state index contributed by atoms with van der Waals surface area (Å²) in [6.45, 7) is 0. The molecule has 110 valence electrons. The average molecular weight is 309 g/mol. The van der Waals surface area contributed by atoms with Gasteiger partial charge >= 0.3 is 0 Å². The monoisotopic (exact) mass is 309 g/mol. The number of rotatable bonds is 5. The van der Waals surface area contributed by atoms with E-state index in [0.717, 1.165) is 5.56 Å². The van der Waals surface area contributed by atoms with Crippen LogP contribution in [0.25, 0.3) is 0 Å². The molecule has 0 aliphatic carbocycles. The quantitative estimate of drug-likeness (QED) is 0.824. The molecule has 0 atom stereocenters. The Bertz CT molecular complexity index is 617. The number of para-hydroxylation sites is 1. The predicted molar refractivity (Wildman–Crippen MR) is 78.7 cm³/mol. The maximum atomic E-state index is 12.4. The molecule has 0 aliphatic rings. The van der Waals surface area contributed by atoms with E-state index in [1.807, 2.05) is 0 Å². The molecule has 0 unspecified atom stereocenters. The highest BCUT2D eigenvalue weighted by molar-refractivity contribution is 7.99. The highest BCUT2D eigenvalue weighted by Gasteiger charge is 2.12. The predicted octanol–water partition coefficient (Wildman–Crippen LogP) is 3.89. The highest BCUT2D eigenvalue weighted by atomic mass is 32.2. The molecule has 0 bridgehead atoms. The van der Waals surface area contributed by atoms with Crippen molar-refractivity contribution in [1.29, 1.82) is 0 Å². The molecule has 3 nitrogen and oxygen atoms in total. The fourth-order valence-corrected chi connectivity index (χ4v) is 2.36. The van der Waals surface area contributed by atoms with Crippen molar-refractivity contribution in [1.82, 2.24) is 0 Å². The summed E-state index contributed by atoms with van der Waals surface area (Å²) in [7, 11) is 0. The van der Waals surface area contributed by atoms with Crippen LogP contribution < -0.4 is 5.32 Å². The molecule has 21 heavy (non-hydrogen) atoms. The van der Waals surface area contributed by atoms with Gasteiger partial charge in [0.1, 0.15) is 5.75 Å². The molecule has 2 aromatic carbocycles. The van der Waals surface area contributed by atoms with Crippen LogP contribution in [-0.4, -0.2) is 16.8 Å². The number of carbonyl (C=O) groups excluding carboxylic acids is 1. The van der Waals surface area contributed by atoms with E-state index < -0.39 is 5.76 Å². The first kappa shape index (κ1) is 15.3. The number of hydrogen-bond donors (Lipinski definition) is 2. The van der Waals surface area contributed by atoms with E-state index in [1.165, 1.54) is 18.2 Å². The standard InChI is InChI=1S/C15H13F2NO2S/c16-15(17)21-13-4-2-1-3-12(13)18-14(20)9-10-5-7-11(19)8-6-10/h1-8,15,19H,9H2,(H,18,20). The van der Waals surface area contributed by atoms with Gasteiger partial charge in [-0.1, -0.05) is 36.0 Å². The van der Waals surface area contributed by atoms with E-state index in [4.69, 9.17) is 0 Å². The highest BCUT2D eigenvalue weighted by Crippen LogP contribution is 2.31. The number of aromatic hydroxyl groups is 1. The summed E-state index contributed by atoms with van der Waals surface area (Å²) in [6.07, 6.45) is 0.105. The Morgan fingerprint density at radius 2 is 1.81 bits per heavy atom. The Kier molecular flexibility index (Phi) is 5.16. The summed E-state index contributed by atoms with van der Waals surface area (Å²) in [5.41, 5.74) is 1.09. The molecule has 0 saturated carbocycles. The third-order valence-corrected chi connectivity index (χ3v) is 3.47. The van der Waals surface area contributed by atoms with Crippen molar-refractivity contribution < 1.29 is 18.7 Å². The maximum Gasteiger partial charge on any atom is 0.288 e. The van der Waals surface area contributed by atoms with Gasteiger partial charge in [-0.15, -0.1) is 0 Å². The zero-order chi connectivity index (χ0) is 15.2. The minimum Gasteiger partial charge on any atom is -0.508 e. The summed E-state index contributed by atoms with van der Waals surface area (Å²) in [5, 5.41) is 11.8. The van der Waals surface area contributed by atoms with E-state index in [2.05, 4.69) is 5.32 Å². The van der Waals surface area contributed by atoms with Gasteiger partial charge in [-0.05, 0) is 29.8 Å². The van der Waals surface area contributed by atoms with Crippen LogP contribution in [-0.2, 0) is 11.2 Å². The fourth-order valence-electron chi connectivity index (χ4n) is 1.76. The van der Waals surface area contributed by atoms with Crippen LogP contribution in [0.5, 0.6) is 5.75 Å². The number of phenols is 1. The van der Waals surface area contributed by atoms with Crippen molar-refractivity contribution in [2.45, 2.75) is 17.1 Å². The Morgan fingerprint density at radius 1 is 1.14 bits per heavy atom. The van der Waals surface area contributed by atoms with E-state index >= 15 is 0 Å². The van der Waals surface area contributed by atoms with Crippen molar-refractivity contribution >= 4 is 23.4 Å². The second kappa shape index (κ2) is 7.08. The van der Waals surface area contributed by atoms with Crippen molar-refractivity contribution in [3.63, 3.8) is 0 Å². The Labute approximate surface area is 125 Å². The van der Waals surface area contributed by atoms with Gasteiger partial charge in [-0.3, -0.25) is 4.79 Å². The van der Waals surface area contributed by atoms with Crippen molar-refractivity contribution in [3.8, 4) is 5.75 Å². The van der Waals surface area contributed by atoms with Gasteiger partial charge in [0, 0.05) is 4.90 Å². The molecular weight excluding hydrogens is 296 g/mol. The number of anilines is 1. The summed E-state index contributed by atoms with van der Waals surface area (Å²) in [5.74, 6) is -2.72. The van der Waals surface area contributed by atoms with E-state index in [1.54, 1.807) is 30.3 Å². The molecule has 0 radical (unpaired) electrons. The Hall–Kier alpha value is -2.08. The van der Waals surface area contributed by atoms with Crippen LogP contribution in [0.4, 0.5) is 14.5 Å². The van der Waals surface area contributed by atoms with Crippen LogP contribution in [0.2, 0.25) is 0 Å². The lowest BCUT2D eigenvalue weighted by Crippen LogP contribution is -2.15. The number of halogens is 2. The molecule has 0 aliphatic heterocycles. The number of phenolic OH excluding ortho intramolecular Hbond substituents is 1. The number of amides is 1. The molecule has 1 amide bonds. The zero-order valence-electron chi connectivity index (χ0n) is 10.9. The summed E-state index contributed by atoms with van der Waals surface area (Å²) >= 11 is 0.394. The molecule has 0 saturated heterocycles. The molecule has 0 fully saturated rings. The third kappa shape index (κ3) is 4.75. The van der Waals surface area contributed by atoms with Gasteiger partial charge in [0.2, 0.25) is 5.91 Å². The fraction of sp³-hybridized carbons (Fsp3) is 0.133. The van der Waals surface area contributed by atoms with Crippen LogP contribution in [0, 0.1) is 0 Å². The van der Waals surface area contributed by atoms with Crippen LogP contribution >= 0.6 is 11.8 Å². The van der Waals surface area contributed by atoms with E-state index in [-0.39, 0.29) is 18.1 Å². The van der Waals surface area contributed by atoms with Crippen molar-refractivity contribution in [2.75, 3.05) is 5.32 Å². The summed E-state index contributed by atoms with van der Waals surface area (Å²) in [4.78, 5) is 12.3. The summed E-state index contributed by atoms with van der Waals surface area (Å²) < 4.78 is 24.9. The van der Waals surface area contributed by atoms with Crippen molar-refractivity contribution in [2.24, 2.45) is 0 Å². The zero-order valence-corrected chi connectivity index (χ0v) is 11.7. The average Bonchev–Trinajstić information content (AvgIpc) is 2.43. The molecular formula is C15H13F2NO2S. The van der Waals surface area contributed by atoms with Gasteiger partial charge in [0.05, 0.1) is 12.1 Å². The SMILES string of the molecule is O=C(Cc1ccc(O)cc1)Nc1ccccc1SC(F)F. The molecule has 2 aromatic rings. The van der Waals surface area contributed by atoms with Gasteiger partial charge in [-0.2, -0.15) is 8.78 Å². The molecule has 0 spiro atoms. The molecule has 0 heterocycles. The minimum absolute atomic E-state index is 0.105. The lowest BCUT2D eigenvalue weighted by atomic mass is 10.1. The van der Waals surface area contributed by atoms with E-state index in [0.29, 0.717) is 22.3 Å². The minimum atomic E-state index is -2.54. The van der Waals surface area contributed by atoms with Crippen molar-refractivity contribution in [3.05, 3.63) is 54.1 Å². The van der Waals surface area contributed by atoms with Crippen LogP contribution in [0.1, 0.15) is 5.56 Å². The lowest BCUT2D eigenvalue weighted by Gasteiger charge is -2.10. The first-order valence-corrected chi connectivity index (χ1v) is 7.04. The molecule has 0 aromatic heterocycles. The largest absolute Gasteiger partial charge is 0.508 e. The third-order valence-electron chi connectivity index (χ3n) is 2.68. The van der Waals surface area contributed by atoms with Crippen LogP contribution in [0.3, 0.4) is 0 Å². The number of nitrogens with one attached hydrogen (secondary N) is 1. The first-order valence-electron chi connectivity index (χ1n) is 6.16. The second-order valence-corrected chi connectivity index (χ2v) is 5.30. The smallest absolute Gasteiger partial charge is 0.288 e. The maximum absolute atomic E-state index is 12.4.